The van der Waals surface area contributed by atoms with Gasteiger partial charge in [0.2, 0.25) is 0 Å². The van der Waals surface area contributed by atoms with Crippen molar-refractivity contribution in [1.82, 2.24) is 0 Å². The predicted molar refractivity (Wildman–Crippen MR) is 53.0 cm³/mol. The van der Waals surface area contributed by atoms with Crippen LogP contribution in [0.15, 0.2) is 17.0 Å². The second-order valence-electron chi connectivity index (χ2n) is 1.91. The third kappa shape index (κ3) is 2.38. The second-order valence-corrected chi connectivity index (χ2v) is 4.03. The highest BCUT2D eigenvalue weighted by atomic mass is 35.5. The van der Waals surface area contributed by atoms with Crippen LogP contribution in [0.2, 0.25) is 9.36 Å². The lowest BCUT2D eigenvalue weighted by Gasteiger charge is -1.89. The molecule has 0 aromatic carbocycles. The summed E-state index contributed by atoms with van der Waals surface area (Å²) < 4.78 is 0.643. The van der Waals surface area contributed by atoms with E-state index in [1.54, 1.807) is 0 Å². The molecule has 1 aromatic heterocycles. The smallest absolute Gasteiger partial charge is 0.112 e. The standard InChI is InChI=1S/C7H5Cl3S/c8-3-1-2-5-4-11-7(10)6(5)9/h1,3-4H,2H2. The Hall–Kier alpha value is 0.310. The van der Waals surface area contributed by atoms with Crippen LogP contribution in [0.3, 0.4) is 0 Å². The summed E-state index contributed by atoms with van der Waals surface area (Å²) in [5.74, 6) is 0. The van der Waals surface area contributed by atoms with Crippen molar-refractivity contribution in [3.8, 4) is 0 Å². The lowest BCUT2D eigenvalue weighted by atomic mass is 10.2. The highest BCUT2D eigenvalue weighted by Gasteiger charge is 2.04. The Morgan fingerprint density at radius 3 is 2.64 bits per heavy atom. The summed E-state index contributed by atoms with van der Waals surface area (Å²) in [5.41, 5.74) is 2.50. The summed E-state index contributed by atoms with van der Waals surface area (Å²) in [6.07, 6.45) is 2.57. The zero-order chi connectivity index (χ0) is 8.27. The Morgan fingerprint density at radius 1 is 1.45 bits per heavy atom. The van der Waals surface area contributed by atoms with Crippen LogP contribution < -0.4 is 0 Å². The lowest BCUT2D eigenvalue weighted by molar-refractivity contribution is 1.30. The molecule has 0 amide bonds. The van der Waals surface area contributed by atoms with Gasteiger partial charge in [0.05, 0.1) is 5.02 Å². The molecule has 0 bridgehead atoms. The quantitative estimate of drug-likeness (QED) is 0.705. The Bertz CT molecular complexity index is 265. The SMILES string of the molecule is ClC=CCc1csc(Cl)c1Cl. The molecule has 1 heterocycles. The summed E-state index contributed by atoms with van der Waals surface area (Å²) in [4.78, 5) is 0. The number of hydrogen-bond donors (Lipinski definition) is 0. The number of hydrogen-bond acceptors (Lipinski definition) is 1. The van der Waals surface area contributed by atoms with Gasteiger partial charge < -0.3 is 0 Å². The van der Waals surface area contributed by atoms with E-state index in [0.717, 1.165) is 12.0 Å². The summed E-state index contributed by atoms with van der Waals surface area (Å²) >= 11 is 18.4. The molecule has 0 saturated heterocycles. The van der Waals surface area contributed by atoms with Crippen molar-refractivity contribution >= 4 is 46.1 Å². The van der Waals surface area contributed by atoms with Crippen LogP contribution in [0.4, 0.5) is 0 Å². The van der Waals surface area contributed by atoms with Crippen molar-refractivity contribution in [2.45, 2.75) is 6.42 Å². The van der Waals surface area contributed by atoms with Gasteiger partial charge in [-0.05, 0) is 17.4 Å². The monoisotopic (exact) mass is 226 g/mol. The highest BCUT2D eigenvalue weighted by Crippen LogP contribution is 2.32. The van der Waals surface area contributed by atoms with E-state index in [-0.39, 0.29) is 0 Å². The summed E-state index contributed by atoms with van der Waals surface area (Å²) in [6.45, 7) is 0. The van der Waals surface area contributed by atoms with Crippen molar-refractivity contribution < 1.29 is 0 Å². The first-order valence-corrected chi connectivity index (χ1v) is 4.99. The molecule has 11 heavy (non-hydrogen) atoms. The minimum Gasteiger partial charge on any atom is -0.130 e. The molecule has 0 nitrogen and oxygen atoms in total. The van der Waals surface area contributed by atoms with Crippen LogP contribution in [0, 0.1) is 0 Å². The Morgan fingerprint density at radius 2 is 2.18 bits per heavy atom. The molecule has 60 valence electrons. The van der Waals surface area contributed by atoms with Crippen LogP contribution >= 0.6 is 46.1 Å². The third-order valence-corrected chi connectivity index (χ3v) is 3.27. The van der Waals surface area contributed by atoms with E-state index < -0.39 is 0 Å². The first kappa shape index (κ1) is 9.40. The maximum atomic E-state index is 5.85. The average molecular weight is 228 g/mol. The van der Waals surface area contributed by atoms with Crippen LogP contribution in [0.1, 0.15) is 5.56 Å². The van der Waals surface area contributed by atoms with Gasteiger partial charge in [-0.1, -0.05) is 40.9 Å². The van der Waals surface area contributed by atoms with E-state index in [0.29, 0.717) is 9.36 Å². The van der Waals surface area contributed by atoms with Gasteiger partial charge in [0.25, 0.3) is 0 Å². The molecule has 0 aliphatic carbocycles. The minimum absolute atomic E-state index is 0.643. The van der Waals surface area contributed by atoms with Crippen molar-refractivity contribution in [2.75, 3.05) is 0 Å². The predicted octanol–water partition coefficient (Wildman–Crippen LogP) is 4.35. The topological polar surface area (TPSA) is 0 Å². The van der Waals surface area contributed by atoms with E-state index in [4.69, 9.17) is 34.8 Å². The minimum atomic E-state index is 0.643. The van der Waals surface area contributed by atoms with Crippen LogP contribution in [-0.2, 0) is 6.42 Å². The van der Waals surface area contributed by atoms with Crippen LogP contribution in [0.25, 0.3) is 0 Å². The molecular formula is C7H5Cl3S. The Labute approximate surface area is 84.4 Å². The average Bonchev–Trinajstić information content (AvgIpc) is 2.31. The van der Waals surface area contributed by atoms with Gasteiger partial charge >= 0.3 is 0 Å². The summed E-state index contributed by atoms with van der Waals surface area (Å²) in [5, 5.41) is 2.58. The van der Waals surface area contributed by atoms with Gasteiger partial charge in [0.15, 0.2) is 0 Å². The molecule has 0 radical (unpaired) electrons. The van der Waals surface area contributed by atoms with Gasteiger partial charge in [0, 0.05) is 5.54 Å². The van der Waals surface area contributed by atoms with E-state index in [1.165, 1.54) is 16.9 Å². The molecule has 0 fully saturated rings. The largest absolute Gasteiger partial charge is 0.130 e. The van der Waals surface area contributed by atoms with Gasteiger partial charge in [-0.25, -0.2) is 0 Å². The molecule has 0 aliphatic rings. The third-order valence-electron chi connectivity index (χ3n) is 1.19. The molecule has 0 aliphatic heterocycles. The maximum absolute atomic E-state index is 5.85. The molecule has 0 saturated carbocycles. The first-order valence-electron chi connectivity index (χ1n) is 2.92. The molecule has 0 N–H and O–H groups in total. The van der Waals surface area contributed by atoms with Crippen LogP contribution in [0.5, 0.6) is 0 Å². The molecule has 1 aromatic rings. The van der Waals surface area contributed by atoms with Crippen molar-refractivity contribution in [1.29, 1.82) is 0 Å². The molecule has 1 rings (SSSR count). The molecular weight excluding hydrogens is 223 g/mol. The van der Waals surface area contributed by atoms with Gasteiger partial charge in [0.1, 0.15) is 4.34 Å². The molecule has 4 heteroatoms. The summed E-state index contributed by atoms with van der Waals surface area (Å²) in [7, 11) is 0. The van der Waals surface area contributed by atoms with Crippen molar-refractivity contribution in [3.05, 3.63) is 31.9 Å². The Balaban J connectivity index is 2.78. The Kier molecular flexibility index (Phi) is 3.73. The fraction of sp³-hybridized carbons (Fsp3) is 0.143. The number of thiophene rings is 1. The summed E-state index contributed by atoms with van der Waals surface area (Å²) in [6, 6.07) is 0. The number of rotatable bonds is 2. The fourth-order valence-corrected chi connectivity index (χ4v) is 2.03. The normalized spacial score (nSPS) is 11.2. The van der Waals surface area contributed by atoms with E-state index in [2.05, 4.69) is 0 Å². The van der Waals surface area contributed by atoms with Gasteiger partial charge in [-0.2, -0.15) is 0 Å². The van der Waals surface area contributed by atoms with Gasteiger partial charge in [-0.3, -0.25) is 0 Å². The van der Waals surface area contributed by atoms with E-state index in [1.807, 2.05) is 11.5 Å². The number of halogens is 3. The van der Waals surface area contributed by atoms with Crippen molar-refractivity contribution in [3.63, 3.8) is 0 Å². The molecule has 0 spiro atoms. The molecule has 0 unspecified atom stereocenters. The first-order chi connectivity index (χ1) is 5.25. The number of allylic oxidation sites excluding steroid dienone is 1. The van der Waals surface area contributed by atoms with Crippen molar-refractivity contribution in [2.24, 2.45) is 0 Å². The van der Waals surface area contributed by atoms with Gasteiger partial charge in [-0.15, -0.1) is 11.3 Å². The molecule has 0 atom stereocenters. The highest BCUT2D eigenvalue weighted by molar-refractivity contribution is 7.15. The van der Waals surface area contributed by atoms with E-state index >= 15 is 0 Å². The zero-order valence-electron chi connectivity index (χ0n) is 5.48. The maximum Gasteiger partial charge on any atom is 0.112 e. The zero-order valence-corrected chi connectivity index (χ0v) is 8.57. The second kappa shape index (κ2) is 4.36. The van der Waals surface area contributed by atoms with Crippen LogP contribution in [-0.4, -0.2) is 0 Å². The van der Waals surface area contributed by atoms with E-state index in [9.17, 15) is 0 Å². The fourth-order valence-electron chi connectivity index (χ4n) is 0.662. The lowest BCUT2D eigenvalue weighted by Crippen LogP contribution is -1.74.